The van der Waals surface area contributed by atoms with E-state index in [1.54, 1.807) is 0 Å². The number of piperidine rings is 1. The van der Waals surface area contributed by atoms with Crippen LogP contribution < -0.4 is 11.5 Å². The van der Waals surface area contributed by atoms with Gasteiger partial charge in [0.25, 0.3) is 0 Å². The Morgan fingerprint density at radius 1 is 1.05 bits per heavy atom. The van der Waals surface area contributed by atoms with Gasteiger partial charge in [-0.1, -0.05) is 6.07 Å². The highest BCUT2D eigenvalue weighted by atomic mass is 15.2. The minimum absolute atomic E-state index is 0.202. The molecular formula is C14H19N7. The number of rotatable bonds is 3. The first-order valence-electron chi connectivity index (χ1n) is 7.10. The van der Waals surface area contributed by atoms with Crippen LogP contribution in [-0.2, 0) is 6.54 Å². The lowest BCUT2D eigenvalue weighted by Crippen LogP contribution is -2.33. The van der Waals surface area contributed by atoms with E-state index in [4.69, 9.17) is 11.5 Å². The Labute approximate surface area is 123 Å². The zero-order chi connectivity index (χ0) is 14.7. The van der Waals surface area contributed by atoms with Crippen molar-refractivity contribution in [2.75, 3.05) is 24.6 Å². The maximum Gasteiger partial charge on any atom is 0.225 e. The Morgan fingerprint density at radius 2 is 1.76 bits per heavy atom. The Morgan fingerprint density at radius 3 is 2.38 bits per heavy atom. The van der Waals surface area contributed by atoms with Gasteiger partial charge in [0.05, 0.1) is 5.69 Å². The van der Waals surface area contributed by atoms with Gasteiger partial charge in [-0.05, 0) is 38.1 Å². The van der Waals surface area contributed by atoms with Crippen LogP contribution in [-0.4, -0.2) is 37.9 Å². The summed E-state index contributed by atoms with van der Waals surface area (Å²) < 4.78 is 0. The standard InChI is InChI=1S/C14H19N7/c15-13-18-12(19-14(16)20-13)10-4-7-21(8-5-10)9-11-3-1-2-6-17-11/h1-3,6,10H,4-5,7-9H2,(H4,15,16,18,19,20). The molecule has 0 aromatic carbocycles. The quantitative estimate of drug-likeness (QED) is 0.859. The summed E-state index contributed by atoms with van der Waals surface area (Å²) in [5.74, 6) is 1.43. The summed E-state index contributed by atoms with van der Waals surface area (Å²) in [7, 11) is 0. The molecule has 0 aliphatic carbocycles. The zero-order valence-electron chi connectivity index (χ0n) is 11.8. The highest BCUT2D eigenvalue weighted by molar-refractivity contribution is 5.27. The summed E-state index contributed by atoms with van der Waals surface area (Å²) in [5, 5.41) is 0. The van der Waals surface area contributed by atoms with Crippen molar-refractivity contribution in [2.24, 2.45) is 0 Å². The number of nitrogens with zero attached hydrogens (tertiary/aromatic N) is 5. The van der Waals surface area contributed by atoms with E-state index >= 15 is 0 Å². The number of likely N-dealkylation sites (tertiary alicyclic amines) is 1. The number of nitrogens with two attached hydrogens (primary N) is 2. The van der Waals surface area contributed by atoms with E-state index in [-0.39, 0.29) is 11.9 Å². The number of hydrogen-bond acceptors (Lipinski definition) is 7. The van der Waals surface area contributed by atoms with Gasteiger partial charge in [-0.25, -0.2) is 0 Å². The van der Waals surface area contributed by atoms with Gasteiger partial charge in [-0.2, -0.15) is 15.0 Å². The molecule has 1 aliphatic heterocycles. The maximum absolute atomic E-state index is 5.63. The van der Waals surface area contributed by atoms with Gasteiger partial charge in [0.2, 0.25) is 11.9 Å². The Hall–Kier alpha value is -2.28. The Bertz CT molecular complexity index is 573. The van der Waals surface area contributed by atoms with Crippen molar-refractivity contribution in [3.05, 3.63) is 35.9 Å². The second-order valence-electron chi connectivity index (χ2n) is 5.28. The molecule has 0 bridgehead atoms. The third-order valence-corrected chi connectivity index (χ3v) is 3.75. The third kappa shape index (κ3) is 3.43. The van der Waals surface area contributed by atoms with Crippen LogP contribution in [0.2, 0.25) is 0 Å². The number of aromatic nitrogens is 4. The Kier molecular flexibility index (Phi) is 3.92. The van der Waals surface area contributed by atoms with Crippen molar-refractivity contribution < 1.29 is 0 Å². The highest BCUT2D eigenvalue weighted by Gasteiger charge is 2.23. The monoisotopic (exact) mass is 285 g/mol. The molecule has 21 heavy (non-hydrogen) atoms. The van der Waals surface area contributed by atoms with Crippen LogP contribution >= 0.6 is 0 Å². The molecule has 2 aromatic heterocycles. The number of pyridine rings is 1. The fourth-order valence-corrected chi connectivity index (χ4v) is 2.68. The molecule has 0 atom stereocenters. The number of nitrogen functional groups attached to an aromatic ring is 2. The molecule has 3 rings (SSSR count). The van der Waals surface area contributed by atoms with E-state index in [9.17, 15) is 0 Å². The summed E-state index contributed by atoms with van der Waals surface area (Å²) in [5.41, 5.74) is 12.4. The summed E-state index contributed by atoms with van der Waals surface area (Å²) in [4.78, 5) is 19.0. The largest absolute Gasteiger partial charge is 0.368 e. The predicted octanol–water partition coefficient (Wildman–Crippen LogP) is 0.811. The van der Waals surface area contributed by atoms with E-state index in [2.05, 4.69) is 30.9 Å². The molecule has 0 unspecified atom stereocenters. The van der Waals surface area contributed by atoms with Crippen LogP contribution in [0.1, 0.15) is 30.3 Å². The first-order chi connectivity index (χ1) is 10.2. The van der Waals surface area contributed by atoms with Crippen LogP contribution in [0.15, 0.2) is 24.4 Å². The van der Waals surface area contributed by atoms with E-state index in [0.29, 0.717) is 5.92 Å². The first-order valence-corrected chi connectivity index (χ1v) is 7.10. The van der Waals surface area contributed by atoms with Gasteiger partial charge in [0.15, 0.2) is 0 Å². The molecule has 3 heterocycles. The lowest BCUT2D eigenvalue weighted by atomic mass is 9.96. The van der Waals surface area contributed by atoms with Crippen LogP contribution in [0.3, 0.4) is 0 Å². The van der Waals surface area contributed by atoms with Crippen molar-refractivity contribution in [3.63, 3.8) is 0 Å². The van der Waals surface area contributed by atoms with Gasteiger partial charge in [0.1, 0.15) is 5.82 Å². The summed E-state index contributed by atoms with van der Waals surface area (Å²) in [6.45, 7) is 2.87. The molecule has 2 aromatic rings. The van der Waals surface area contributed by atoms with E-state index < -0.39 is 0 Å². The van der Waals surface area contributed by atoms with Crippen molar-refractivity contribution in [1.82, 2.24) is 24.8 Å². The van der Waals surface area contributed by atoms with Crippen molar-refractivity contribution in [1.29, 1.82) is 0 Å². The second kappa shape index (κ2) is 6.01. The van der Waals surface area contributed by atoms with Crippen molar-refractivity contribution >= 4 is 11.9 Å². The molecule has 0 saturated carbocycles. The first kappa shape index (κ1) is 13.7. The molecule has 4 N–H and O–H groups in total. The number of hydrogen-bond donors (Lipinski definition) is 2. The molecular weight excluding hydrogens is 266 g/mol. The number of anilines is 2. The fraction of sp³-hybridized carbons (Fsp3) is 0.429. The van der Waals surface area contributed by atoms with Crippen molar-refractivity contribution in [3.8, 4) is 0 Å². The molecule has 110 valence electrons. The smallest absolute Gasteiger partial charge is 0.225 e. The van der Waals surface area contributed by atoms with Crippen molar-refractivity contribution in [2.45, 2.75) is 25.3 Å². The van der Waals surface area contributed by atoms with E-state index in [0.717, 1.165) is 44.0 Å². The second-order valence-corrected chi connectivity index (χ2v) is 5.28. The van der Waals surface area contributed by atoms with Gasteiger partial charge in [-0.15, -0.1) is 0 Å². The van der Waals surface area contributed by atoms with Crippen LogP contribution in [0.5, 0.6) is 0 Å². The van der Waals surface area contributed by atoms with Gasteiger partial charge in [0, 0.05) is 18.7 Å². The molecule has 7 nitrogen and oxygen atoms in total. The lowest BCUT2D eigenvalue weighted by molar-refractivity contribution is 0.199. The topological polar surface area (TPSA) is 107 Å². The van der Waals surface area contributed by atoms with Crippen LogP contribution in [0.4, 0.5) is 11.9 Å². The molecule has 0 spiro atoms. The fourth-order valence-electron chi connectivity index (χ4n) is 2.68. The zero-order valence-corrected chi connectivity index (χ0v) is 11.8. The van der Waals surface area contributed by atoms with E-state index in [1.165, 1.54) is 0 Å². The Balaban J connectivity index is 1.60. The lowest BCUT2D eigenvalue weighted by Gasteiger charge is -2.30. The highest BCUT2D eigenvalue weighted by Crippen LogP contribution is 2.26. The maximum atomic E-state index is 5.63. The normalized spacial score (nSPS) is 17.0. The van der Waals surface area contributed by atoms with E-state index in [1.807, 2.05) is 18.3 Å². The van der Waals surface area contributed by atoms with Gasteiger partial charge >= 0.3 is 0 Å². The molecule has 0 amide bonds. The minimum Gasteiger partial charge on any atom is -0.368 e. The average molecular weight is 285 g/mol. The van der Waals surface area contributed by atoms with Gasteiger partial charge < -0.3 is 11.5 Å². The summed E-state index contributed by atoms with van der Waals surface area (Å²) in [6.07, 6.45) is 3.82. The predicted molar refractivity (Wildman–Crippen MR) is 80.1 cm³/mol. The molecule has 7 heteroatoms. The molecule has 1 saturated heterocycles. The third-order valence-electron chi connectivity index (χ3n) is 3.75. The summed E-state index contributed by atoms with van der Waals surface area (Å²) in [6, 6.07) is 6.01. The molecule has 0 radical (unpaired) electrons. The SMILES string of the molecule is Nc1nc(N)nc(C2CCN(Cc3ccccn3)CC2)n1. The minimum atomic E-state index is 0.202. The molecule has 1 fully saturated rings. The average Bonchev–Trinajstić information content (AvgIpc) is 2.48. The molecule has 1 aliphatic rings. The van der Waals surface area contributed by atoms with Gasteiger partial charge in [-0.3, -0.25) is 9.88 Å². The van der Waals surface area contributed by atoms with Crippen LogP contribution in [0.25, 0.3) is 0 Å². The summed E-state index contributed by atoms with van der Waals surface area (Å²) >= 11 is 0. The van der Waals surface area contributed by atoms with Crippen LogP contribution in [0, 0.1) is 0 Å².